The molecule has 4 nitrogen and oxygen atoms in total. The molecule has 0 spiro atoms. The molecule has 0 saturated carbocycles. The van der Waals surface area contributed by atoms with Gasteiger partial charge < -0.3 is 15.7 Å². The molecular formula is C14H25Cl2N3OS. The van der Waals surface area contributed by atoms with E-state index in [-0.39, 0.29) is 24.8 Å². The van der Waals surface area contributed by atoms with Crippen LogP contribution in [0.5, 0.6) is 0 Å². The molecule has 7 heteroatoms. The fourth-order valence-electron chi connectivity index (χ4n) is 2.91. The van der Waals surface area contributed by atoms with Crippen molar-refractivity contribution >= 4 is 36.2 Å². The fourth-order valence-corrected chi connectivity index (χ4v) is 4.07. The average molecular weight is 354 g/mol. The van der Waals surface area contributed by atoms with E-state index in [0.29, 0.717) is 13.1 Å². The van der Waals surface area contributed by atoms with Crippen molar-refractivity contribution in [3.05, 3.63) is 15.6 Å². The number of hydrogen-bond donors (Lipinski definition) is 3. The van der Waals surface area contributed by atoms with Crippen molar-refractivity contribution in [2.75, 3.05) is 26.2 Å². The number of nitrogens with one attached hydrogen (secondary N) is 2. The number of β-amino-alcohol motifs (C(OH)–C–C–N with tert-alkyl or cyclic N) is 1. The molecule has 0 aromatic carbocycles. The van der Waals surface area contributed by atoms with Gasteiger partial charge in [0.15, 0.2) is 0 Å². The number of aliphatic hydroxyl groups is 1. The molecule has 1 aromatic heterocycles. The first-order chi connectivity index (χ1) is 9.25. The van der Waals surface area contributed by atoms with Gasteiger partial charge in [-0.15, -0.1) is 36.2 Å². The molecule has 3 N–H and O–H groups in total. The van der Waals surface area contributed by atoms with Crippen molar-refractivity contribution < 1.29 is 5.11 Å². The lowest BCUT2D eigenvalue weighted by Gasteiger charge is -2.21. The number of aromatic nitrogens is 1. The molecule has 1 aromatic rings. The largest absolute Gasteiger partial charge is 0.387 e. The molecule has 1 aliphatic carbocycles. The van der Waals surface area contributed by atoms with E-state index in [2.05, 4.69) is 10.6 Å². The second kappa shape index (κ2) is 8.65. The zero-order valence-electron chi connectivity index (χ0n) is 12.2. The van der Waals surface area contributed by atoms with Gasteiger partial charge in [0.05, 0.1) is 16.3 Å². The molecular weight excluding hydrogens is 329 g/mol. The van der Waals surface area contributed by atoms with Gasteiger partial charge in [0.1, 0.15) is 0 Å². The van der Waals surface area contributed by atoms with Crippen LogP contribution in [0.3, 0.4) is 0 Å². The molecule has 0 amide bonds. The van der Waals surface area contributed by atoms with E-state index in [1.54, 1.807) is 0 Å². The predicted octanol–water partition coefficient (Wildman–Crippen LogP) is 1.72. The Morgan fingerprint density at radius 3 is 2.81 bits per heavy atom. The standard InChI is InChI=1S/C14H23N3OS.2ClH/c18-14(6-8-16-10-14)9-15-7-5-13-17-11-3-1-2-4-12(11)19-13;;/h15-16,18H,1-10H2;2*1H. The first-order valence-corrected chi connectivity index (χ1v) is 8.18. The first-order valence-electron chi connectivity index (χ1n) is 7.36. The molecule has 2 aliphatic rings. The van der Waals surface area contributed by atoms with Crippen molar-refractivity contribution in [2.45, 2.75) is 44.1 Å². The van der Waals surface area contributed by atoms with E-state index in [0.717, 1.165) is 25.9 Å². The van der Waals surface area contributed by atoms with Crippen LogP contribution in [0.2, 0.25) is 0 Å². The second-order valence-corrected chi connectivity index (χ2v) is 6.93. The van der Waals surface area contributed by atoms with Gasteiger partial charge in [-0.25, -0.2) is 4.98 Å². The van der Waals surface area contributed by atoms with Crippen LogP contribution in [-0.4, -0.2) is 41.9 Å². The zero-order chi connectivity index (χ0) is 13.1. The van der Waals surface area contributed by atoms with Crippen LogP contribution in [0.4, 0.5) is 0 Å². The van der Waals surface area contributed by atoms with Gasteiger partial charge in [-0.1, -0.05) is 0 Å². The summed E-state index contributed by atoms with van der Waals surface area (Å²) >= 11 is 1.89. The summed E-state index contributed by atoms with van der Waals surface area (Å²) in [6.07, 6.45) is 6.87. The Morgan fingerprint density at radius 1 is 1.29 bits per heavy atom. The molecule has 1 aliphatic heterocycles. The van der Waals surface area contributed by atoms with Crippen molar-refractivity contribution in [3.8, 4) is 0 Å². The fraction of sp³-hybridized carbons (Fsp3) is 0.786. The highest BCUT2D eigenvalue weighted by molar-refractivity contribution is 7.11. The van der Waals surface area contributed by atoms with Crippen LogP contribution in [0.15, 0.2) is 0 Å². The van der Waals surface area contributed by atoms with Crippen molar-refractivity contribution in [3.63, 3.8) is 0 Å². The van der Waals surface area contributed by atoms with E-state index in [1.165, 1.54) is 41.3 Å². The lowest BCUT2D eigenvalue weighted by atomic mass is 10.0. The second-order valence-electron chi connectivity index (χ2n) is 5.76. The SMILES string of the molecule is Cl.Cl.OC1(CNCCc2nc3c(s2)CCCC3)CCNC1. The Kier molecular flexibility index (Phi) is 7.88. The zero-order valence-corrected chi connectivity index (χ0v) is 14.6. The molecule has 3 rings (SSSR count). The molecule has 1 fully saturated rings. The van der Waals surface area contributed by atoms with Gasteiger partial charge in [-0.3, -0.25) is 0 Å². The summed E-state index contributed by atoms with van der Waals surface area (Å²) in [5, 5.41) is 18.0. The monoisotopic (exact) mass is 353 g/mol. The van der Waals surface area contributed by atoms with Crippen LogP contribution in [0.1, 0.15) is 34.8 Å². The third kappa shape index (κ3) is 5.05. The Balaban J connectivity index is 0.00000110. The van der Waals surface area contributed by atoms with E-state index < -0.39 is 5.60 Å². The van der Waals surface area contributed by atoms with Crippen LogP contribution in [-0.2, 0) is 19.3 Å². The predicted molar refractivity (Wildman–Crippen MR) is 92.3 cm³/mol. The average Bonchev–Trinajstić information content (AvgIpc) is 3.01. The maximum atomic E-state index is 10.2. The molecule has 2 heterocycles. The van der Waals surface area contributed by atoms with Gasteiger partial charge in [0.2, 0.25) is 0 Å². The lowest BCUT2D eigenvalue weighted by molar-refractivity contribution is 0.0615. The molecule has 122 valence electrons. The summed E-state index contributed by atoms with van der Waals surface area (Å²) in [7, 11) is 0. The van der Waals surface area contributed by atoms with Gasteiger partial charge >= 0.3 is 0 Å². The Labute approximate surface area is 142 Å². The minimum absolute atomic E-state index is 0. The van der Waals surface area contributed by atoms with E-state index in [9.17, 15) is 5.11 Å². The highest BCUT2D eigenvalue weighted by Crippen LogP contribution is 2.26. The number of hydrogen-bond acceptors (Lipinski definition) is 5. The quantitative estimate of drug-likeness (QED) is 0.705. The molecule has 21 heavy (non-hydrogen) atoms. The van der Waals surface area contributed by atoms with E-state index in [1.807, 2.05) is 11.3 Å². The number of halogens is 2. The van der Waals surface area contributed by atoms with Gasteiger partial charge in [0, 0.05) is 30.9 Å². The number of fused-ring (bicyclic) bond motifs is 1. The third-order valence-corrected chi connectivity index (χ3v) is 5.30. The number of rotatable bonds is 5. The minimum Gasteiger partial charge on any atom is -0.387 e. The van der Waals surface area contributed by atoms with Gasteiger partial charge in [-0.2, -0.15) is 0 Å². The summed E-state index contributed by atoms with van der Waals surface area (Å²) in [6, 6.07) is 0. The summed E-state index contributed by atoms with van der Waals surface area (Å²) in [4.78, 5) is 6.25. The topological polar surface area (TPSA) is 57.2 Å². The number of nitrogens with zero attached hydrogens (tertiary/aromatic N) is 1. The first kappa shape index (κ1) is 19.1. The molecule has 1 atom stereocenters. The summed E-state index contributed by atoms with van der Waals surface area (Å²) in [5.41, 5.74) is 0.812. The highest BCUT2D eigenvalue weighted by atomic mass is 35.5. The van der Waals surface area contributed by atoms with Crippen LogP contribution in [0.25, 0.3) is 0 Å². The molecule has 1 saturated heterocycles. The number of aryl methyl sites for hydroxylation is 2. The Hall–Kier alpha value is 0.0900. The Morgan fingerprint density at radius 2 is 2.10 bits per heavy atom. The van der Waals surface area contributed by atoms with Gasteiger partial charge in [0.25, 0.3) is 0 Å². The van der Waals surface area contributed by atoms with Gasteiger partial charge in [-0.05, 0) is 38.6 Å². The molecule has 0 radical (unpaired) electrons. The number of thiazole rings is 1. The van der Waals surface area contributed by atoms with E-state index >= 15 is 0 Å². The lowest BCUT2D eigenvalue weighted by Crippen LogP contribution is -2.42. The molecule has 1 unspecified atom stereocenters. The third-order valence-electron chi connectivity index (χ3n) is 4.08. The molecule has 0 bridgehead atoms. The highest BCUT2D eigenvalue weighted by Gasteiger charge is 2.30. The maximum absolute atomic E-state index is 10.2. The van der Waals surface area contributed by atoms with Crippen molar-refractivity contribution in [1.29, 1.82) is 0 Å². The Bertz CT molecular complexity index is 412. The van der Waals surface area contributed by atoms with Crippen LogP contribution >= 0.6 is 36.2 Å². The summed E-state index contributed by atoms with van der Waals surface area (Å²) in [6.45, 7) is 3.24. The van der Waals surface area contributed by atoms with Crippen molar-refractivity contribution in [2.24, 2.45) is 0 Å². The summed E-state index contributed by atoms with van der Waals surface area (Å²) < 4.78 is 0. The normalized spacial score (nSPS) is 24.0. The summed E-state index contributed by atoms with van der Waals surface area (Å²) in [5.74, 6) is 0. The van der Waals surface area contributed by atoms with Crippen LogP contribution in [0, 0.1) is 0 Å². The van der Waals surface area contributed by atoms with E-state index in [4.69, 9.17) is 4.98 Å². The smallest absolute Gasteiger partial charge is 0.0943 e. The maximum Gasteiger partial charge on any atom is 0.0943 e. The van der Waals surface area contributed by atoms with Crippen LogP contribution < -0.4 is 10.6 Å². The van der Waals surface area contributed by atoms with Crippen molar-refractivity contribution in [1.82, 2.24) is 15.6 Å². The minimum atomic E-state index is -0.540.